The third-order valence-electron chi connectivity index (χ3n) is 3.67. The molecule has 1 fully saturated rings. The van der Waals surface area contributed by atoms with Crippen LogP contribution in [0.5, 0.6) is 0 Å². The van der Waals surface area contributed by atoms with E-state index in [2.05, 4.69) is 29.5 Å². The van der Waals surface area contributed by atoms with Crippen molar-refractivity contribution in [1.29, 1.82) is 0 Å². The summed E-state index contributed by atoms with van der Waals surface area (Å²) in [6, 6.07) is 2.42. The molecule has 0 N–H and O–H groups in total. The second-order valence-electron chi connectivity index (χ2n) is 4.97. The Balaban J connectivity index is 2.00. The van der Waals surface area contributed by atoms with E-state index >= 15 is 0 Å². The standard InChI is InChI=1S/C13H18INOS/c1-9-3-5-11(6-4-9)15(2)13(16)10-7-12(14)17-8-10/h7-9,11H,3-6H2,1-2H3. The van der Waals surface area contributed by atoms with Gasteiger partial charge in [-0.2, -0.15) is 0 Å². The van der Waals surface area contributed by atoms with Crippen molar-refractivity contribution in [3.63, 3.8) is 0 Å². The van der Waals surface area contributed by atoms with Crippen LogP contribution in [-0.2, 0) is 0 Å². The van der Waals surface area contributed by atoms with Gasteiger partial charge in [-0.15, -0.1) is 11.3 Å². The number of halogens is 1. The maximum Gasteiger partial charge on any atom is 0.254 e. The SMILES string of the molecule is CC1CCC(N(C)C(=O)c2csc(I)c2)CC1. The highest BCUT2D eigenvalue weighted by Gasteiger charge is 2.25. The quantitative estimate of drug-likeness (QED) is 0.728. The first-order chi connectivity index (χ1) is 8.08. The summed E-state index contributed by atoms with van der Waals surface area (Å²) in [6.45, 7) is 2.30. The van der Waals surface area contributed by atoms with Crippen molar-refractivity contribution in [3.8, 4) is 0 Å². The Labute approximate surface area is 121 Å². The van der Waals surface area contributed by atoms with Crippen LogP contribution in [0, 0.1) is 8.80 Å². The third kappa shape index (κ3) is 3.22. The van der Waals surface area contributed by atoms with E-state index < -0.39 is 0 Å². The maximum absolute atomic E-state index is 12.3. The summed E-state index contributed by atoms with van der Waals surface area (Å²) in [4.78, 5) is 14.2. The van der Waals surface area contributed by atoms with Crippen LogP contribution in [-0.4, -0.2) is 23.9 Å². The van der Waals surface area contributed by atoms with Gasteiger partial charge in [0.05, 0.1) is 8.45 Å². The predicted molar refractivity (Wildman–Crippen MR) is 80.5 cm³/mol. The number of hydrogen-bond donors (Lipinski definition) is 0. The van der Waals surface area contributed by atoms with Crippen molar-refractivity contribution in [2.45, 2.75) is 38.6 Å². The summed E-state index contributed by atoms with van der Waals surface area (Å²) < 4.78 is 1.18. The fourth-order valence-electron chi connectivity index (χ4n) is 2.42. The van der Waals surface area contributed by atoms with Crippen LogP contribution >= 0.6 is 33.9 Å². The first kappa shape index (κ1) is 13.3. The molecule has 0 atom stereocenters. The molecule has 1 aliphatic carbocycles. The number of nitrogens with zero attached hydrogens (tertiary/aromatic N) is 1. The molecule has 0 bridgehead atoms. The topological polar surface area (TPSA) is 20.3 Å². The normalized spacial score (nSPS) is 24.6. The summed E-state index contributed by atoms with van der Waals surface area (Å²) in [6.07, 6.45) is 4.82. The van der Waals surface area contributed by atoms with Crippen LogP contribution in [0.15, 0.2) is 11.4 Å². The molecule has 0 saturated heterocycles. The van der Waals surface area contributed by atoms with Gasteiger partial charge in [-0.3, -0.25) is 4.79 Å². The summed E-state index contributed by atoms with van der Waals surface area (Å²) in [5.41, 5.74) is 0.848. The first-order valence-corrected chi connectivity index (χ1v) is 8.05. The zero-order chi connectivity index (χ0) is 12.4. The van der Waals surface area contributed by atoms with E-state index in [1.165, 1.54) is 15.7 Å². The van der Waals surface area contributed by atoms with Gasteiger partial charge in [0.2, 0.25) is 0 Å². The highest BCUT2D eigenvalue weighted by molar-refractivity contribution is 14.1. The lowest BCUT2D eigenvalue weighted by Crippen LogP contribution is -2.39. The Bertz CT molecular complexity index is 396. The Kier molecular flexibility index (Phi) is 4.47. The van der Waals surface area contributed by atoms with E-state index in [-0.39, 0.29) is 5.91 Å². The monoisotopic (exact) mass is 363 g/mol. The molecule has 0 unspecified atom stereocenters. The number of hydrogen-bond acceptors (Lipinski definition) is 2. The van der Waals surface area contributed by atoms with Gasteiger partial charge in [0, 0.05) is 18.5 Å². The van der Waals surface area contributed by atoms with Crippen molar-refractivity contribution in [2.24, 2.45) is 5.92 Å². The second kappa shape index (κ2) is 5.69. The van der Waals surface area contributed by atoms with Gasteiger partial charge >= 0.3 is 0 Å². The van der Waals surface area contributed by atoms with E-state index in [9.17, 15) is 4.79 Å². The molecule has 2 rings (SSSR count). The minimum Gasteiger partial charge on any atom is -0.339 e. The van der Waals surface area contributed by atoms with Crippen LogP contribution in [0.2, 0.25) is 0 Å². The van der Waals surface area contributed by atoms with Crippen LogP contribution in [0.3, 0.4) is 0 Å². The minimum absolute atomic E-state index is 0.184. The lowest BCUT2D eigenvalue weighted by atomic mass is 9.86. The van der Waals surface area contributed by atoms with Gasteiger partial charge in [-0.05, 0) is 60.3 Å². The number of carbonyl (C=O) groups is 1. The molecule has 4 heteroatoms. The van der Waals surface area contributed by atoms with E-state index in [1.54, 1.807) is 11.3 Å². The van der Waals surface area contributed by atoms with Crippen molar-refractivity contribution in [1.82, 2.24) is 4.90 Å². The summed E-state index contributed by atoms with van der Waals surface area (Å²) in [5.74, 6) is 1.01. The van der Waals surface area contributed by atoms with Crippen molar-refractivity contribution in [2.75, 3.05) is 7.05 Å². The van der Waals surface area contributed by atoms with Gasteiger partial charge < -0.3 is 4.90 Å². The van der Waals surface area contributed by atoms with Crippen molar-refractivity contribution in [3.05, 3.63) is 19.9 Å². The zero-order valence-corrected chi connectivity index (χ0v) is 13.3. The minimum atomic E-state index is 0.184. The van der Waals surface area contributed by atoms with Crippen LogP contribution in [0.4, 0.5) is 0 Å². The highest BCUT2D eigenvalue weighted by atomic mass is 127. The molecule has 0 spiro atoms. The number of amides is 1. The van der Waals surface area contributed by atoms with Crippen LogP contribution in [0.25, 0.3) is 0 Å². The molecule has 1 saturated carbocycles. The predicted octanol–water partition coefficient (Wildman–Crippen LogP) is 4.00. The molecule has 1 heterocycles. The zero-order valence-electron chi connectivity index (χ0n) is 10.3. The average Bonchev–Trinajstić information content (AvgIpc) is 2.75. The fourth-order valence-corrected chi connectivity index (χ4v) is 3.74. The molecule has 1 aromatic rings. The molecule has 94 valence electrons. The molecule has 1 aromatic heterocycles. The molecule has 0 aliphatic heterocycles. The van der Waals surface area contributed by atoms with E-state index in [0.717, 1.165) is 24.3 Å². The number of thiophene rings is 1. The van der Waals surface area contributed by atoms with Gasteiger partial charge in [-0.25, -0.2) is 0 Å². The first-order valence-electron chi connectivity index (χ1n) is 6.09. The van der Waals surface area contributed by atoms with Crippen LogP contribution in [0.1, 0.15) is 43.0 Å². The molecule has 1 aliphatic rings. The fraction of sp³-hybridized carbons (Fsp3) is 0.615. The Morgan fingerprint density at radius 1 is 1.41 bits per heavy atom. The molecule has 17 heavy (non-hydrogen) atoms. The van der Waals surface area contributed by atoms with E-state index in [4.69, 9.17) is 0 Å². The molecule has 0 radical (unpaired) electrons. The van der Waals surface area contributed by atoms with Crippen molar-refractivity contribution < 1.29 is 4.79 Å². The highest BCUT2D eigenvalue weighted by Crippen LogP contribution is 2.28. The molecule has 1 amide bonds. The van der Waals surface area contributed by atoms with E-state index in [1.807, 2.05) is 23.4 Å². The summed E-state index contributed by atoms with van der Waals surface area (Å²) in [7, 11) is 1.95. The average molecular weight is 363 g/mol. The Hall–Kier alpha value is -0.100. The molecule has 0 aromatic carbocycles. The number of carbonyl (C=O) groups excluding carboxylic acids is 1. The Morgan fingerprint density at radius 3 is 2.59 bits per heavy atom. The van der Waals surface area contributed by atoms with E-state index in [0.29, 0.717) is 6.04 Å². The summed E-state index contributed by atoms with van der Waals surface area (Å²) in [5, 5.41) is 1.96. The number of rotatable bonds is 2. The smallest absolute Gasteiger partial charge is 0.254 e. The van der Waals surface area contributed by atoms with Gasteiger partial charge in [0.15, 0.2) is 0 Å². The van der Waals surface area contributed by atoms with Gasteiger partial charge in [0.25, 0.3) is 5.91 Å². The third-order valence-corrected chi connectivity index (χ3v) is 5.46. The van der Waals surface area contributed by atoms with Gasteiger partial charge in [0.1, 0.15) is 0 Å². The second-order valence-corrected chi connectivity index (χ2v) is 7.77. The molecular weight excluding hydrogens is 345 g/mol. The van der Waals surface area contributed by atoms with Gasteiger partial charge in [-0.1, -0.05) is 6.92 Å². The van der Waals surface area contributed by atoms with Crippen LogP contribution < -0.4 is 0 Å². The molecular formula is C13H18INOS. The largest absolute Gasteiger partial charge is 0.339 e. The lowest BCUT2D eigenvalue weighted by molar-refractivity contribution is 0.0680. The maximum atomic E-state index is 12.3. The summed E-state index contributed by atoms with van der Waals surface area (Å²) >= 11 is 3.90. The molecule has 2 nitrogen and oxygen atoms in total. The Morgan fingerprint density at radius 2 is 2.06 bits per heavy atom. The lowest BCUT2D eigenvalue weighted by Gasteiger charge is -2.33. The van der Waals surface area contributed by atoms with Crippen molar-refractivity contribution >= 4 is 39.8 Å².